The van der Waals surface area contributed by atoms with Gasteiger partial charge in [0.1, 0.15) is 47.7 Å². The van der Waals surface area contributed by atoms with Crippen LogP contribution in [-0.2, 0) is 13.2 Å². The van der Waals surface area contributed by atoms with Crippen molar-refractivity contribution in [2.75, 3.05) is 0 Å². The fourth-order valence-electron chi connectivity index (χ4n) is 7.08. The number of ether oxygens (including phenoxy) is 4. The topological polar surface area (TPSA) is 36.9 Å². The number of benzene rings is 6. The molecule has 0 radical (unpaired) electrons. The molecule has 302 valence electrons. The third-order valence-corrected chi connectivity index (χ3v) is 10.1. The summed E-state index contributed by atoms with van der Waals surface area (Å²) in [6.07, 6.45) is 3.50. The minimum absolute atomic E-state index is 0.532. The van der Waals surface area contributed by atoms with Crippen LogP contribution < -0.4 is 18.9 Å². The van der Waals surface area contributed by atoms with Gasteiger partial charge < -0.3 is 18.9 Å². The largest absolute Gasteiger partial charge is 0.488 e. The third kappa shape index (κ3) is 11.1. The highest BCUT2D eigenvalue weighted by Crippen LogP contribution is 2.43. The van der Waals surface area contributed by atoms with E-state index in [-0.39, 0.29) is 0 Å². The van der Waals surface area contributed by atoms with Crippen molar-refractivity contribution in [1.29, 1.82) is 0 Å². The highest BCUT2D eigenvalue weighted by molar-refractivity contribution is 5.77. The zero-order valence-corrected chi connectivity index (χ0v) is 36.9. The van der Waals surface area contributed by atoms with Gasteiger partial charge in [0.05, 0.1) is 0 Å². The van der Waals surface area contributed by atoms with Gasteiger partial charge in [0.15, 0.2) is 0 Å². The highest BCUT2D eigenvalue weighted by Gasteiger charge is 2.20. The summed E-state index contributed by atoms with van der Waals surface area (Å²) in [4.78, 5) is 0. The van der Waals surface area contributed by atoms with Crippen LogP contribution in [0.25, 0.3) is 11.1 Å². The van der Waals surface area contributed by atoms with Crippen molar-refractivity contribution in [3.63, 3.8) is 0 Å². The molecule has 0 aliphatic rings. The Hall–Kier alpha value is -6.00. The van der Waals surface area contributed by atoms with Crippen LogP contribution in [0.2, 0.25) is 0 Å². The molecule has 0 heterocycles. The molecule has 0 saturated carbocycles. The summed E-state index contributed by atoms with van der Waals surface area (Å²) in [5, 5.41) is 0. The Bertz CT molecular complexity index is 2120. The average Bonchev–Trinajstić information content (AvgIpc) is 3.19. The van der Waals surface area contributed by atoms with Gasteiger partial charge >= 0.3 is 0 Å². The first-order chi connectivity index (χ1) is 27.7. The fourth-order valence-corrected chi connectivity index (χ4v) is 7.08. The molecule has 0 spiro atoms. The van der Waals surface area contributed by atoms with E-state index >= 15 is 0 Å². The smallest absolute Gasteiger partial charge is 0.133 e. The molecule has 0 bridgehead atoms. The summed E-state index contributed by atoms with van der Waals surface area (Å²) in [5.74, 6) is 5.22. The predicted octanol–water partition coefficient (Wildman–Crippen LogP) is 15.6. The van der Waals surface area contributed by atoms with E-state index in [1.54, 1.807) is 12.2 Å². The summed E-state index contributed by atoms with van der Waals surface area (Å²) in [5.41, 5.74) is 15.8. The summed E-state index contributed by atoms with van der Waals surface area (Å²) in [6.45, 7) is 32.8. The van der Waals surface area contributed by atoms with Gasteiger partial charge in [-0.2, -0.15) is 0 Å². The minimum atomic E-state index is 0.532. The molecule has 4 heteroatoms. The molecule has 6 aromatic rings. The lowest BCUT2D eigenvalue weighted by molar-refractivity contribution is 0.301. The second-order valence-corrected chi connectivity index (χ2v) is 15.0. The third-order valence-electron chi connectivity index (χ3n) is 10.1. The van der Waals surface area contributed by atoms with Crippen molar-refractivity contribution >= 4 is 0 Å². The zero-order valence-electron chi connectivity index (χ0n) is 36.9. The lowest BCUT2D eigenvalue weighted by Gasteiger charge is -2.22. The first-order valence-corrected chi connectivity index (χ1v) is 20.0. The second-order valence-electron chi connectivity index (χ2n) is 15.0. The second kappa shape index (κ2) is 21.0. The summed E-state index contributed by atoms with van der Waals surface area (Å²) in [7, 11) is 0. The average molecular weight is 775 g/mol. The van der Waals surface area contributed by atoms with E-state index in [0.717, 1.165) is 90.1 Å². The van der Waals surface area contributed by atoms with Gasteiger partial charge in [-0.3, -0.25) is 0 Å². The van der Waals surface area contributed by atoms with Gasteiger partial charge in [0, 0.05) is 0 Å². The van der Waals surface area contributed by atoms with E-state index in [1.165, 1.54) is 22.3 Å². The van der Waals surface area contributed by atoms with Crippen molar-refractivity contribution in [3.05, 3.63) is 189 Å². The van der Waals surface area contributed by atoms with E-state index in [9.17, 15) is 0 Å². The summed E-state index contributed by atoms with van der Waals surface area (Å²) >= 11 is 0. The van der Waals surface area contributed by atoms with Crippen LogP contribution in [0, 0.1) is 69.2 Å². The normalized spacial score (nSPS) is 10.3. The molecule has 6 aromatic carbocycles. The maximum Gasteiger partial charge on any atom is 0.133 e. The molecular formula is C54H62O4. The maximum absolute atomic E-state index is 6.64. The van der Waals surface area contributed by atoms with Crippen molar-refractivity contribution < 1.29 is 18.9 Å². The Balaban J connectivity index is 0.00000117. The molecule has 0 N–H and O–H groups in total. The Morgan fingerprint density at radius 1 is 0.397 bits per heavy atom. The van der Waals surface area contributed by atoms with Gasteiger partial charge in [-0.1, -0.05) is 72.8 Å². The molecule has 0 amide bonds. The van der Waals surface area contributed by atoms with Gasteiger partial charge in [0.25, 0.3) is 0 Å². The Morgan fingerprint density at radius 3 is 0.966 bits per heavy atom. The van der Waals surface area contributed by atoms with Gasteiger partial charge in [0.2, 0.25) is 0 Å². The number of allylic oxidation sites excluding steroid dienone is 2. The van der Waals surface area contributed by atoms with Gasteiger partial charge in [-0.05, 0) is 197 Å². The molecule has 0 atom stereocenters. The number of hydrogen-bond acceptors (Lipinski definition) is 4. The molecular weight excluding hydrogens is 713 g/mol. The van der Waals surface area contributed by atoms with Crippen LogP contribution in [0.3, 0.4) is 0 Å². The minimum Gasteiger partial charge on any atom is -0.488 e. The quantitative estimate of drug-likeness (QED) is 0.123. The van der Waals surface area contributed by atoms with E-state index < -0.39 is 0 Å². The standard InChI is InChI=1S/C48H50O4.2C3H6/c1-29-21-41(22-30(2)45(29)49-27-39-17-13-11-14-18-39)51-47-33(5)25-43(35(7)37(47)9)44-26-34(6)48(38(10)36(44)8)52-42-23-31(3)46(32(4)24-42)50-28-40-19-15-12-16-20-40;2*1-3-2/h11-26H,27-28H2,1-10H3;2*3H,1H2,2H3. The van der Waals surface area contributed by atoms with E-state index in [4.69, 9.17) is 18.9 Å². The van der Waals surface area contributed by atoms with Crippen molar-refractivity contribution in [1.82, 2.24) is 0 Å². The molecule has 0 aromatic heterocycles. The van der Waals surface area contributed by atoms with Crippen LogP contribution in [0.5, 0.6) is 34.5 Å². The van der Waals surface area contributed by atoms with Crippen molar-refractivity contribution in [3.8, 4) is 45.6 Å². The molecule has 58 heavy (non-hydrogen) atoms. The monoisotopic (exact) mass is 774 g/mol. The molecule has 0 aliphatic carbocycles. The first kappa shape index (κ1) is 44.7. The van der Waals surface area contributed by atoms with Crippen LogP contribution in [0.1, 0.15) is 80.6 Å². The van der Waals surface area contributed by atoms with Crippen LogP contribution >= 0.6 is 0 Å². The van der Waals surface area contributed by atoms with Gasteiger partial charge in [-0.15, -0.1) is 13.2 Å². The molecule has 6 rings (SSSR count). The van der Waals surface area contributed by atoms with Crippen LogP contribution in [0.15, 0.2) is 122 Å². The summed E-state index contributed by atoms with van der Waals surface area (Å²) in [6, 6.07) is 33.3. The Labute approximate surface area is 348 Å². The maximum atomic E-state index is 6.64. The van der Waals surface area contributed by atoms with Crippen LogP contribution in [0.4, 0.5) is 0 Å². The Kier molecular flexibility index (Phi) is 16.2. The van der Waals surface area contributed by atoms with E-state index in [0.29, 0.717) is 13.2 Å². The Morgan fingerprint density at radius 2 is 0.672 bits per heavy atom. The van der Waals surface area contributed by atoms with Crippen LogP contribution in [-0.4, -0.2) is 0 Å². The molecule has 0 aliphatic heterocycles. The van der Waals surface area contributed by atoms with Crippen molar-refractivity contribution in [2.24, 2.45) is 0 Å². The molecule has 0 unspecified atom stereocenters. The zero-order chi connectivity index (χ0) is 42.5. The predicted molar refractivity (Wildman–Crippen MR) is 246 cm³/mol. The van der Waals surface area contributed by atoms with Crippen molar-refractivity contribution in [2.45, 2.75) is 96.3 Å². The van der Waals surface area contributed by atoms with E-state index in [1.807, 2.05) is 50.2 Å². The molecule has 4 nitrogen and oxygen atoms in total. The lowest BCUT2D eigenvalue weighted by atomic mass is 9.88. The molecule has 0 fully saturated rings. The fraction of sp³-hybridized carbons (Fsp3) is 0.259. The number of hydrogen-bond donors (Lipinski definition) is 0. The number of rotatable bonds is 11. The summed E-state index contributed by atoms with van der Waals surface area (Å²) < 4.78 is 25.7. The van der Waals surface area contributed by atoms with E-state index in [2.05, 4.69) is 143 Å². The van der Waals surface area contributed by atoms with Gasteiger partial charge in [-0.25, -0.2) is 0 Å². The highest BCUT2D eigenvalue weighted by atomic mass is 16.5. The molecule has 0 saturated heterocycles. The lowest BCUT2D eigenvalue weighted by Crippen LogP contribution is -2.02. The number of aryl methyl sites for hydroxylation is 6. The SMILES string of the molecule is C=CC.C=CC.Cc1cc(Oc2c(C)cc(-c3cc(C)c(Oc4cc(C)c(OCc5ccccc5)c(C)c4)c(C)c3C)c(C)c2C)cc(C)c1OCc1ccccc1. The first-order valence-electron chi connectivity index (χ1n) is 20.0.